The van der Waals surface area contributed by atoms with E-state index in [0.717, 1.165) is 16.8 Å². The van der Waals surface area contributed by atoms with E-state index >= 15 is 0 Å². The number of anilines is 2. The van der Waals surface area contributed by atoms with Crippen LogP contribution in [0.3, 0.4) is 0 Å². The highest BCUT2D eigenvalue weighted by atomic mass is 35.5. The molecule has 0 saturated heterocycles. The third kappa shape index (κ3) is 3.91. The summed E-state index contributed by atoms with van der Waals surface area (Å²) in [5.74, 6) is -0.0521. The number of sulfonamides is 1. The summed E-state index contributed by atoms with van der Waals surface area (Å²) in [7, 11) is -3.87. The fourth-order valence-electron chi connectivity index (χ4n) is 3.57. The van der Waals surface area contributed by atoms with Crippen LogP contribution in [-0.2, 0) is 27.8 Å². The van der Waals surface area contributed by atoms with Crippen molar-refractivity contribution >= 4 is 38.9 Å². The number of hydrogen-bond donors (Lipinski definition) is 0. The number of amides is 1. The number of pyridine rings is 1. The second kappa shape index (κ2) is 8.08. The molecular formula is C22H20ClN3O3S. The smallest absolute Gasteiger partial charge is 0.264 e. The first-order valence-electron chi connectivity index (χ1n) is 9.44. The number of benzene rings is 2. The number of aromatic nitrogens is 1. The minimum absolute atomic E-state index is 0.0521. The second-order valence-electron chi connectivity index (χ2n) is 7.06. The van der Waals surface area contributed by atoms with E-state index in [0.29, 0.717) is 23.7 Å². The second-order valence-corrected chi connectivity index (χ2v) is 9.36. The van der Waals surface area contributed by atoms with Crippen molar-refractivity contribution in [2.24, 2.45) is 0 Å². The van der Waals surface area contributed by atoms with Gasteiger partial charge in [-0.2, -0.15) is 0 Å². The van der Waals surface area contributed by atoms with Crippen LogP contribution in [0.5, 0.6) is 0 Å². The maximum atomic E-state index is 13.6. The molecule has 0 unspecified atom stereocenters. The molecule has 3 aromatic rings. The lowest BCUT2D eigenvalue weighted by molar-refractivity contribution is -0.116. The minimum Gasteiger partial charge on any atom is -0.312 e. The lowest BCUT2D eigenvalue weighted by Crippen LogP contribution is -2.30. The van der Waals surface area contributed by atoms with Gasteiger partial charge >= 0.3 is 0 Å². The van der Waals surface area contributed by atoms with Crippen molar-refractivity contribution in [2.75, 3.05) is 15.7 Å². The Morgan fingerprint density at radius 1 is 1.17 bits per heavy atom. The maximum Gasteiger partial charge on any atom is 0.264 e. The van der Waals surface area contributed by atoms with Gasteiger partial charge in [-0.25, -0.2) is 8.42 Å². The van der Waals surface area contributed by atoms with Gasteiger partial charge in [-0.3, -0.25) is 14.1 Å². The van der Waals surface area contributed by atoms with Crippen molar-refractivity contribution in [3.63, 3.8) is 0 Å². The van der Waals surface area contributed by atoms with E-state index in [-0.39, 0.29) is 17.3 Å². The summed E-state index contributed by atoms with van der Waals surface area (Å²) in [5.41, 5.74) is 2.89. The van der Waals surface area contributed by atoms with Crippen LogP contribution in [0.4, 0.5) is 11.4 Å². The van der Waals surface area contributed by atoms with Gasteiger partial charge in [0.25, 0.3) is 10.0 Å². The van der Waals surface area contributed by atoms with Crippen LogP contribution >= 0.6 is 11.6 Å². The Balaban J connectivity index is 1.76. The van der Waals surface area contributed by atoms with Crippen molar-refractivity contribution in [1.29, 1.82) is 0 Å². The molecule has 1 aliphatic heterocycles. The van der Waals surface area contributed by atoms with E-state index in [9.17, 15) is 13.2 Å². The Morgan fingerprint density at radius 3 is 2.60 bits per heavy atom. The fraction of sp³-hybridized carbons (Fsp3) is 0.182. The van der Waals surface area contributed by atoms with E-state index in [1.807, 2.05) is 6.07 Å². The molecule has 0 radical (unpaired) electrons. The molecule has 0 spiro atoms. The predicted molar refractivity (Wildman–Crippen MR) is 117 cm³/mol. The van der Waals surface area contributed by atoms with E-state index < -0.39 is 10.0 Å². The summed E-state index contributed by atoms with van der Waals surface area (Å²) < 4.78 is 28.6. The van der Waals surface area contributed by atoms with Crippen LogP contribution in [-0.4, -0.2) is 25.9 Å². The molecule has 2 aromatic carbocycles. The number of rotatable bonds is 5. The Bertz CT molecular complexity index is 1180. The fourth-order valence-corrected chi connectivity index (χ4v) is 5.20. The Hall–Kier alpha value is -2.90. The SMILES string of the molecule is CC(=O)N1CCc2cc(S(=O)(=O)N(Cc3cccnc3)c3ccc(Cl)cc3)ccc21. The van der Waals surface area contributed by atoms with Gasteiger partial charge in [0.2, 0.25) is 5.91 Å². The average molecular weight is 442 g/mol. The monoisotopic (exact) mass is 441 g/mol. The van der Waals surface area contributed by atoms with Gasteiger partial charge in [-0.1, -0.05) is 17.7 Å². The lowest BCUT2D eigenvalue weighted by Gasteiger charge is -2.25. The number of hydrogen-bond acceptors (Lipinski definition) is 4. The van der Waals surface area contributed by atoms with Crippen LogP contribution in [0, 0.1) is 0 Å². The topological polar surface area (TPSA) is 70.6 Å². The van der Waals surface area contributed by atoms with Crippen LogP contribution in [0.1, 0.15) is 18.1 Å². The summed E-state index contributed by atoms with van der Waals surface area (Å²) in [5, 5.41) is 0.527. The summed E-state index contributed by atoms with van der Waals surface area (Å²) in [6.07, 6.45) is 3.92. The van der Waals surface area contributed by atoms with Crippen LogP contribution in [0.2, 0.25) is 5.02 Å². The molecule has 0 N–H and O–H groups in total. The van der Waals surface area contributed by atoms with Gasteiger partial charge < -0.3 is 4.90 Å². The van der Waals surface area contributed by atoms with Crippen LogP contribution in [0.15, 0.2) is 71.9 Å². The first-order chi connectivity index (χ1) is 14.4. The van der Waals surface area contributed by atoms with Gasteiger partial charge in [0, 0.05) is 36.6 Å². The zero-order chi connectivity index (χ0) is 21.3. The normalized spacial score (nSPS) is 13.2. The molecule has 8 heteroatoms. The summed E-state index contributed by atoms with van der Waals surface area (Å²) in [6, 6.07) is 15.2. The first kappa shape index (κ1) is 20.4. The van der Waals surface area contributed by atoms with E-state index in [4.69, 9.17) is 11.6 Å². The van der Waals surface area contributed by atoms with Crippen LogP contribution < -0.4 is 9.21 Å². The molecule has 6 nitrogen and oxygen atoms in total. The van der Waals surface area contributed by atoms with Gasteiger partial charge in [0.1, 0.15) is 0 Å². The number of carbonyl (C=O) groups is 1. The largest absolute Gasteiger partial charge is 0.312 e. The number of carbonyl (C=O) groups excluding carboxylic acids is 1. The highest BCUT2D eigenvalue weighted by molar-refractivity contribution is 7.92. The summed E-state index contributed by atoms with van der Waals surface area (Å²) >= 11 is 6.00. The zero-order valence-electron chi connectivity index (χ0n) is 16.3. The zero-order valence-corrected chi connectivity index (χ0v) is 17.9. The van der Waals surface area contributed by atoms with Gasteiger partial charge in [-0.15, -0.1) is 0 Å². The van der Waals surface area contributed by atoms with E-state index in [1.165, 1.54) is 11.2 Å². The summed E-state index contributed by atoms with van der Waals surface area (Å²) in [4.78, 5) is 17.7. The molecule has 2 heterocycles. The molecule has 0 atom stereocenters. The van der Waals surface area contributed by atoms with Crippen molar-refractivity contribution in [2.45, 2.75) is 24.8 Å². The predicted octanol–water partition coefficient (Wildman–Crippen LogP) is 4.04. The van der Waals surface area contributed by atoms with Crippen molar-refractivity contribution < 1.29 is 13.2 Å². The van der Waals surface area contributed by atoms with Gasteiger partial charge in [-0.05, 0) is 66.1 Å². The van der Waals surface area contributed by atoms with Crippen molar-refractivity contribution in [3.8, 4) is 0 Å². The number of fused-ring (bicyclic) bond motifs is 1. The Labute approximate surface area is 180 Å². The summed E-state index contributed by atoms with van der Waals surface area (Å²) in [6.45, 7) is 2.20. The van der Waals surface area contributed by atoms with Gasteiger partial charge in [0.05, 0.1) is 17.1 Å². The van der Waals surface area contributed by atoms with Crippen molar-refractivity contribution in [3.05, 3.63) is 83.1 Å². The van der Waals surface area contributed by atoms with Crippen LogP contribution in [0.25, 0.3) is 0 Å². The number of halogens is 1. The first-order valence-corrected chi connectivity index (χ1v) is 11.3. The molecule has 154 valence electrons. The molecule has 0 aliphatic carbocycles. The Morgan fingerprint density at radius 2 is 1.93 bits per heavy atom. The number of nitrogens with zero attached hydrogens (tertiary/aromatic N) is 3. The third-order valence-corrected chi connectivity index (χ3v) is 7.10. The molecule has 1 aliphatic rings. The Kier molecular flexibility index (Phi) is 5.49. The minimum atomic E-state index is -3.87. The van der Waals surface area contributed by atoms with E-state index in [1.54, 1.807) is 65.8 Å². The standard InChI is InChI=1S/C22H20ClN3O3S/c1-16(27)25-12-10-18-13-21(8-9-22(18)25)30(28,29)26(15-17-3-2-11-24-14-17)20-6-4-19(23)5-7-20/h2-9,11,13-14H,10,12,15H2,1H3. The highest BCUT2D eigenvalue weighted by Gasteiger charge is 2.29. The third-order valence-electron chi connectivity index (χ3n) is 5.08. The lowest BCUT2D eigenvalue weighted by atomic mass is 10.2. The molecule has 1 amide bonds. The molecule has 0 fully saturated rings. The van der Waals surface area contributed by atoms with E-state index in [2.05, 4.69) is 4.98 Å². The molecule has 1 aromatic heterocycles. The highest BCUT2D eigenvalue weighted by Crippen LogP contribution is 2.33. The van der Waals surface area contributed by atoms with Gasteiger partial charge in [0.15, 0.2) is 0 Å². The molecule has 0 saturated carbocycles. The average Bonchev–Trinajstić information content (AvgIpc) is 3.17. The molecule has 30 heavy (non-hydrogen) atoms. The molecular weight excluding hydrogens is 422 g/mol. The quantitative estimate of drug-likeness (QED) is 0.599. The van der Waals surface area contributed by atoms with Crippen molar-refractivity contribution in [1.82, 2.24) is 4.98 Å². The molecule has 0 bridgehead atoms. The maximum absolute atomic E-state index is 13.6. The molecule has 4 rings (SSSR count).